The lowest BCUT2D eigenvalue weighted by molar-refractivity contribution is -0.228. The van der Waals surface area contributed by atoms with Crippen molar-refractivity contribution in [1.82, 2.24) is 14.8 Å². The first kappa shape index (κ1) is 26.9. The first-order chi connectivity index (χ1) is 18.2. The molecule has 206 valence electrons. The summed E-state index contributed by atoms with van der Waals surface area (Å²) < 4.78 is 47.1. The standard InChI is InChI=1S/C29H36F3N3O3/c30-29(31,32)28(12-1-2-13-28)20-34-14-9-21(10-15-34)19-38-26-8-7-24(17-33-26)22-3-5-23(6-4-22)27(37)35-16-11-25(36)18-35/h3-8,17,21,25,36H,1-2,9-16,18-20H2. The molecule has 0 spiro atoms. The first-order valence-electron chi connectivity index (χ1n) is 13.7. The Balaban J connectivity index is 1.08. The van der Waals surface area contributed by atoms with E-state index in [0.29, 0.717) is 69.4 Å². The smallest absolute Gasteiger partial charge is 0.395 e. The van der Waals surface area contributed by atoms with E-state index in [1.54, 1.807) is 23.2 Å². The SMILES string of the molecule is O=C(c1ccc(-c2ccc(OCC3CCN(CC4(C(F)(F)F)CCCC4)CC3)nc2)cc1)N1CCC(O)C1. The van der Waals surface area contributed by atoms with Gasteiger partial charge in [-0.1, -0.05) is 25.0 Å². The number of aliphatic hydroxyl groups excluding tert-OH is 1. The number of hydrogen-bond donors (Lipinski definition) is 1. The maximum absolute atomic E-state index is 13.7. The molecule has 1 amide bonds. The number of ether oxygens (including phenoxy) is 1. The number of alkyl halides is 3. The Kier molecular flexibility index (Phi) is 7.95. The molecule has 1 N–H and O–H groups in total. The van der Waals surface area contributed by atoms with Crippen molar-refractivity contribution < 1.29 is 27.8 Å². The Bertz CT molecular complexity index is 1080. The quantitative estimate of drug-likeness (QED) is 0.534. The van der Waals surface area contributed by atoms with Crippen molar-refractivity contribution in [1.29, 1.82) is 0 Å². The Labute approximate surface area is 221 Å². The van der Waals surface area contributed by atoms with Gasteiger partial charge in [0.1, 0.15) is 0 Å². The average molecular weight is 532 g/mol. The number of pyridine rings is 1. The second-order valence-electron chi connectivity index (χ2n) is 11.2. The number of rotatable bonds is 7. The fraction of sp³-hybridized carbons (Fsp3) is 0.586. The van der Waals surface area contributed by atoms with Gasteiger partial charge in [-0.05, 0) is 74.9 Å². The van der Waals surface area contributed by atoms with Crippen LogP contribution in [0.2, 0.25) is 0 Å². The molecule has 1 aromatic heterocycles. The number of halogens is 3. The number of β-amino-alcohol motifs (C(OH)–C–C–N with tert-alkyl or cyclic N) is 1. The van der Waals surface area contributed by atoms with Crippen LogP contribution in [0.3, 0.4) is 0 Å². The number of likely N-dealkylation sites (tertiary alicyclic amines) is 2. The number of aliphatic hydroxyl groups is 1. The summed E-state index contributed by atoms with van der Waals surface area (Å²) in [7, 11) is 0. The van der Waals surface area contributed by atoms with Crippen LogP contribution in [-0.2, 0) is 0 Å². The lowest BCUT2D eigenvalue weighted by Crippen LogP contribution is -2.48. The van der Waals surface area contributed by atoms with Crippen LogP contribution < -0.4 is 4.74 Å². The molecular weight excluding hydrogens is 495 g/mol. The van der Waals surface area contributed by atoms with Crippen molar-refractivity contribution in [3.05, 3.63) is 48.2 Å². The highest BCUT2D eigenvalue weighted by Gasteiger charge is 2.56. The Morgan fingerprint density at radius 1 is 1.00 bits per heavy atom. The van der Waals surface area contributed by atoms with Crippen LogP contribution in [0.15, 0.2) is 42.6 Å². The van der Waals surface area contributed by atoms with E-state index in [1.165, 1.54) is 0 Å². The van der Waals surface area contributed by atoms with Crippen LogP contribution in [0.1, 0.15) is 55.3 Å². The maximum Gasteiger partial charge on any atom is 0.395 e. The number of piperidine rings is 1. The molecule has 9 heteroatoms. The highest BCUT2D eigenvalue weighted by atomic mass is 19.4. The second kappa shape index (κ2) is 11.2. The molecule has 0 radical (unpaired) electrons. The van der Waals surface area contributed by atoms with Gasteiger partial charge >= 0.3 is 6.18 Å². The topological polar surface area (TPSA) is 65.9 Å². The summed E-state index contributed by atoms with van der Waals surface area (Å²) in [5.41, 5.74) is 0.925. The minimum absolute atomic E-state index is 0.0702. The Morgan fingerprint density at radius 3 is 2.26 bits per heavy atom. The number of nitrogens with zero attached hydrogens (tertiary/aromatic N) is 3. The predicted octanol–water partition coefficient (Wildman–Crippen LogP) is 5.17. The molecule has 1 atom stereocenters. The minimum atomic E-state index is -4.13. The third kappa shape index (κ3) is 5.99. The van der Waals surface area contributed by atoms with Crippen molar-refractivity contribution in [2.45, 2.75) is 57.2 Å². The van der Waals surface area contributed by atoms with Crippen LogP contribution in [0.4, 0.5) is 13.2 Å². The number of aromatic nitrogens is 1. The average Bonchev–Trinajstić information content (AvgIpc) is 3.58. The Hall–Kier alpha value is -2.65. The van der Waals surface area contributed by atoms with Gasteiger partial charge in [0.25, 0.3) is 5.91 Å². The van der Waals surface area contributed by atoms with Gasteiger partial charge in [-0.2, -0.15) is 13.2 Å². The lowest BCUT2D eigenvalue weighted by Gasteiger charge is -2.40. The summed E-state index contributed by atoms with van der Waals surface area (Å²) in [5, 5.41) is 9.67. The molecule has 3 aliphatic rings. The zero-order valence-corrected chi connectivity index (χ0v) is 21.6. The van der Waals surface area contributed by atoms with Gasteiger partial charge in [0, 0.05) is 43.0 Å². The molecule has 5 rings (SSSR count). The molecule has 2 aromatic rings. The molecule has 1 unspecified atom stereocenters. The number of carbonyl (C=O) groups is 1. The highest BCUT2D eigenvalue weighted by molar-refractivity contribution is 5.95. The van der Waals surface area contributed by atoms with E-state index in [1.807, 2.05) is 29.2 Å². The minimum Gasteiger partial charge on any atom is -0.477 e. The molecule has 0 bridgehead atoms. The predicted molar refractivity (Wildman–Crippen MR) is 138 cm³/mol. The lowest BCUT2D eigenvalue weighted by atomic mass is 9.83. The summed E-state index contributed by atoms with van der Waals surface area (Å²) in [6.07, 6.45) is 1.30. The summed E-state index contributed by atoms with van der Waals surface area (Å²) in [6.45, 7) is 2.94. The van der Waals surface area contributed by atoms with Crippen LogP contribution in [0.25, 0.3) is 11.1 Å². The third-order valence-electron chi connectivity index (χ3n) is 8.51. The molecule has 1 aliphatic carbocycles. The molecule has 2 saturated heterocycles. The summed E-state index contributed by atoms with van der Waals surface area (Å²) in [6, 6.07) is 11.1. The first-order valence-corrected chi connectivity index (χ1v) is 13.7. The van der Waals surface area contributed by atoms with Crippen molar-refractivity contribution in [2.24, 2.45) is 11.3 Å². The van der Waals surface area contributed by atoms with Gasteiger partial charge in [0.15, 0.2) is 0 Å². The fourth-order valence-corrected chi connectivity index (χ4v) is 6.08. The number of carbonyl (C=O) groups excluding carboxylic acids is 1. The Morgan fingerprint density at radius 2 is 1.68 bits per heavy atom. The van der Waals surface area contributed by atoms with E-state index < -0.39 is 17.7 Å². The van der Waals surface area contributed by atoms with Gasteiger partial charge in [0.05, 0.1) is 18.1 Å². The zero-order valence-electron chi connectivity index (χ0n) is 21.6. The molecule has 2 aliphatic heterocycles. The molecule has 3 heterocycles. The molecular formula is C29H36F3N3O3. The molecule has 6 nitrogen and oxygen atoms in total. The van der Waals surface area contributed by atoms with Gasteiger partial charge in [-0.15, -0.1) is 0 Å². The molecule has 3 fully saturated rings. The number of hydrogen-bond acceptors (Lipinski definition) is 5. The van der Waals surface area contributed by atoms with Gasteiger partial charge in [-0.25, -0.2) is 4.98 Å². The highest BCUT2D eigenvalue weighted by Crippen LogP contribution is 2.51. The van der Waals surface area contributed by atoms with Crippen molar-refractivity contribution in [3.8, 4) is 17.0 Å². The van der Waals surface area contributed by atoms with E-state index in [9.17, 15) is 23.1 Å². The fourth-order valence-electron chi connectivity index (χ4n) is 6.08. The van der Waals surface area contributed by atoms with E-state index in [0.717, 1.165) is 24.0 Å². The molecule has 38 heavy (non-hydrogen) atoms. The summed E-state index contributed by atoms with van der Waals surface area (Å²) in [4.78, 5) is 20.7. The van der Waals surface area contributed by atoms with E-state index >= 15 is 0 Å². The van der Waals surface area contributed by atoms with Gasteiger partial charge in [-0.3, -0.25) is 4.79 Å². The van der Waals surface area contributed by atoms with Crippen LogP contribution in [-0.4, -0.2) is 77.4 Å². The second-order valence-corrected chi connectivity index (χ2v) is 11.2. The summed E-state index contributed by atoms with van der Waals surface area (Å²) in [5.74, 6) is 0.761. The third-order valence-corrected chi connectivity index (χ3v) is 8.51. The monoisotopic (exact) mass is 531 g/mol. The van der Waals surface area contributed by atoms with E-state index in [2.05, 4.69) is 4.98 Å². The number of amides is 1. The van der Waals surface area contributed by atoms with Crippen LogP contribution in [0, 0.1) is 11.3 Å². The van der Waals surface area contributed by atoms with Crippen LogP contribution >= 0.6 is 0 Å². The van der Waals surface area contributed by atoms with Gasteiger partial charge in [0.2, 0.25) is 5.88 Å². The van der Waals surface area contributed by atoms with Crippen molar-refractivity contribution in [2.75, 3.05) is 39.3 Å². The maximum atomic E-state index is 13.7. The molecule has 1 saturated carbocycles. The number of benzene rings is 1. The van der Waals surface area contributed by atoms with Crippen molar-refractivity contribution in [3.63, 3.8) is 0 Å². The van der Waals surface area contributed by atoms with E-state index in [4.69, 9.17) is 4.74 Å². The zero-order chi connectivity index (χ0) is 26.8. The summed E-state index contributed by atoms with van der Waals surface area (Å²) >= 11 is 0. The van der Waals surface area contributed by atoms with Crippen LogP contribution in [0.5, 0.6) is 5.88 Å². The van der Waals surface area contributed by atoms with Gasteiger partial charge < -0.3 is 19.6 Å². The van der Waals surface area contributed by atoms with Crippen molar-refractivity contribution >= 4 is 5.91 Å². The largest absolute Gasteiger partial charge is 0.477 e. The molecule has 1 aromatic carbocycles. The normalized spacial score (nSPS) is 22.6. The van der Waals surface area contributed by atoms with E-state index in [-0.39, 0.29) is 25.3 Å².